The summed E-state index contributed by atoms with van der Waals surface area (Å²) in [5.41, 5.74) is 6.03. The number of nitrogens with two attached hydrogens (primary N) is 1. The largest absolute Gasteiger partial charge is 0.508 e. The van der Waals surface area contributed by atoms with Crippen molar-refractivity contribution < 1.29 is 19.8 Å². The third-order valence-corrected chi connectivity index (χ3v) is 7.31. The van der Waals surface area contributed by atoms with Gasteiger partial charge in [0.05, 0.1) is 0 Å². The van der Waals surface area contributed by atoms with Crippen molar-refractivity contribution in [2.45, 2.75) is 60.0 Å². The molecule has 0 fully saturated rings. The number of hydrogen-bond acceptors (Lipinski definition) is 6. The molecule has 200 valence electrons. The van der Waals surface area contributed by atoms with E-state index in [9.17, 15) is 5.11 Å². The molecule has 0 saturated carbocycles. The molecule has 6 heteroatoms. The molecule has 0 amide bonds. The lowest BCUT2D eigenvalue weighted by Gasteiger charge is -2.35. The summed E-state index contributed by atoms with van der Waals surface area (Å²) in [7, 11) is 0. The van der Waals surface area contributed by atoms with Crippen molar-refractivity contribution in [2.24, 2.45) is 5.90 Å². The predicted molar refractivity (Wildman–Crippen MR) is 158 cm³/mol. The number of aromatic hydroxyl groups is 1. The van der Waals surface area contributed by atoms with Crippen LogP contribution in [0.1, 0.15) is 55.0 Å². The maximum Gasteiger partial charge on any atom is 0.127 e. The highest BCUT2D eigenvalue weighted by Crippen LogP contribution is 2.43. The molecule has 0 saturated heterocycles. The molecule has 0 aromatic heterocycles. The van der Waals surface area contributed by atoms with Gasteiger partial charge in [-0.05, 0) is 123 Å². The fraction of sp³-hybridized carbons (Fsp3) is 0.355. The van der Waals surface area contributed by atoms with E-state index < -0.39 is 0 Å². The SMILES string of the molecule is C=CCOc1c(C)c(C)c2c(c1C)CCC(C)(C)O2.CS/C(C)=C\c1ccc2cc(O)ccc2c1.NO. The van der Waals surface area contributed by atoms with Crippen LogP contribution < -0.4 is 15.4 Å². The predicted octanol–water partition coefficient (Wildman–Crippen LogP) is 7.88. The zero-order chi connectivity index (χ0) is 27.8. The monoisotopic (exact) mass is 523 g/mol. The van der Waals surface area contributed by atoms with Gasteiger partial charge in [-0.1, -0.05) is 30.9 Å². The van der Waals surface area contributed by atoms with Crippen molar-refractivity contribution in [3.05, 3.63) is 81.8 Å². The number of thioether (sulfide) groups is 1. The van der Waals surface area contributed by atoms with Gasteiger partial charge < -0.3 is 19.8 Å². The summed E-state index contributed by atoms with van der Waals surface area (Å²) in [5, 5.41) is 18.1. The highest BCUT2D eigenvalue weighted by Gasteiger charge is 2.31. The number of phenols is 1. The fourth-order valence-corrected chi connectivity index (χ4v) is 4.60. The first-order valence-corrected chi connectivity index (χ1v) is 13.5. The number of fused-ring (bicyclic) bond motifs is 2. The van der Waals surface area contributed by atoms with Gasteiger partial charge in [0.1, 0.15) is 29.5 Å². The molecular weight excluding hydrogens is 482 g/mol. The van der Waals surface area contributed by atoms with Crippen molar-refractivity contribution >= 4 is 28.6 Å². The van der Waals surface area contributed by atoms with Crippen LogP contribution in [0.3, 0.4) is 0 Å². The second-order valence-corrected chi connectivity index (χ2v) is 10.8. The number of benzene rings is 3. The maximum atomic E-state index is 9.37. The van der Waals surface area contributed by atoms with Crippen LogP contribution in [-0.4, -0.2) is 28.8 Å². The van der Waals surface area contributed by atoms with Gasteiger partial charge in [-0.15, -0.1) is 11.8 Å². The van der Waals surface area contributed by atoms with Gasteiger partial charge in [-0.25, -0.2) is 5.90 Å². The number of allylic oxidation sites excluding steroid dienone is 1. The Hall–Kier alpha value is -2.93. The lowest BCUT2D eigenvalue weighted by atomic mass is 9.88. The summed E-state index contributed by atoms with van der Waals surface area (Å²) in [4.78, 5) is 1.29. The van der Waals surface area contributed by atoms with Gasteiger partial charge in [0, 0.05) is 5.56 Å². The first-order valence-electron chi connectivity index (χ1n) is 12.3. The molecule has 4 N–H and O–H groups in total. The van der Waals surface area contributed by atoms with Gasteiger partial charge in [0.2, 0.25) is 0 Å². The van der Waals surface area contributed by atoms with Crippen molar-refractivity contribution in [2.75, 3.05) is 12.9 Å². The third-order valence-electron chi connectivity index (χ3n) is 6.55. The molecule has 0 bridgehead atoms. The molecule has 0 radical (unpaired) electrons. The Bertz CT molecular complexity index is 1260. The van der Waals surface area contributed by atoms with Gasteiger partial charge in [0.15, 0.2) is 0 Å². The van der Waals surface area contributed by atoms with Gasteiger partial charge >= 0.3 is 0 Å². The third kappa shape index (κ3) is 7.78. The van der Waals surface area contributed by atoms with Crippen LogP contribution in [0, 0.1) is 20.8 Å². The van der Waals surface area contributed by atoms with E-state index in [0.717, 1.165) is 35.1 Å². The molecule has 0 aliphatic carbocycles. The molecular formula is C31H41NO4S. The molecule has 0 unspecified atom stereocenters. The molecule has 1 aliphatic heterocycles. The zero-order valence-corrected chi connectivity index (χ0v) is 24.0. The van der Waals surface area contributed by atoms with E-state index in [1.54, 1.807) is 30.0 Å². The van der Waals surface area contributed by atoms with Crippen molar-refractivity contribution in [3.8, 4) is 17.2 Å². The van der Waals surface area contributed by atoms with Gasteiger partial charge in [-0.2, -0.15) is 0 Å². The summed E-state index contributed by atoms with van der Waals surface area (Å²) >= 11 is 1.75. The standard InChI is InChI=1S/C17H24O2.C14H14OS.H3NO/c1-7-10-18-15-11(2)12(3)16-14(13(15)4)8-9-17(5,6)19-16;1-10(16-2)7-11-3-4-13-9-14(15)6-5-12(13)8-11;1-2/h7H,1,8-10H2,2-6H3;3-9,15H,1-2H3;2H,1H2/b;10-7-;. The Morgan fingerprint density at radius 1 is 1.08 bits per heavy atom. The summed E-state index contributed by atoms with van der Waals surface area (Å²) < 4.78 is 12.0. The van der Waals surface area contributed by atoms with E-state index in [2.05, 4.69) is 78.5 Å². The van der Waals surface area contributed by atoms with Crippen LogP contribution in [-0.2, 0) is 6.42 Å². The van der Waals surface area contributed by atoms with Crippen LogP contribution >= 0.6 is 11.8 Å². The second kappa shape index (κ2) is 13.6. The van der Waals surface area contributed by atoms with E-state index in [4.69, 9.17) is 14.7 Å². The Labute approximate surface area is 226 Å². The summed E-state index contributed by atoms with van der Waals surface area (Å²) in [5.74, 6) is 5.88. The van der Waals surface area contributed by atoms with Crippen molar-refractivity contribution in [1.29, 1.82) is 0 Å². The highest BCUT2D eigenvalue weighted by atomic mass is 32.2. The molecule has 1 aliphatic rings. The zero-order valence-electron chi connectivity index (χ0n) is 23.1. The number of ether oxygens (including phenoxy) is 2. The summed E-state index contributed by atoms with van der Waals surface area (Å²) in [6.45, 7) is 17.0. The fourth-order valence-electron chi connectivity index (χ4n) is 4.34. The highest BCUT2D eigenvalue weighted by molar-refractivity contribution is 8.02. The van der Waals surface area contributed by atoms with E-state index in [0.29, 0.717) is 12.4 Å². The minimum absolute atomic E-state index is 0.0693. The second-order valence-electron chi connectivity index (χ2n) is 9.72. The van der Waals surface area contributed by atoms with Crippen LogP contribution in [0.4, 0.5) is 0 Å². The minimum Gasteiger partial charge on any atom is -0.508 e. The first-order chi connectivity index (χ1) is 17.6. The van der Waals surface area contributed by atoms with Crippen LogP contribution in [0.15, 0.2) is 54.0 Å². The Morgan fingerprint density at radius 3 is 2.38 bits per heavy atom. The average molecular weight is 524 g/mol. The number of rotatable bonds is 5. The topological polar surface area (TPSA) is 84.9 Å². The van der Waals surface area contributed by atoms with Crippen LogP contribution in [0.5, 0.6) is 17.2 Å². The molecule has 5 nitrogen and oxygen atoms in total. The number of phenolic OH excluding ortho intramolecular Hbond substituents is 1. The molecule has 0 spiro atoms. The van der Waals surface area contributed by atoms with Crippen molar-refractivity contribution in [3.63, 3.8) is 0 Å². The van der Waals surface area contributed by atoms with E-state index in [1.807, 2.05) is 12.1 Å². The minimum atomic E-state index is -0.0693. The smallest absolute Gasteiger partial charge is 0.127 e. The Morgan fingerprint density at radius 2 is 1.73 bits per heavy atom. The Balaban J connectivity index is 0.000000247. The van der Waals surface area contributed by atoms with E-state index in [1.165, 1.54) is 32.7 Å². The molecule has 3 aromatic rings. The Kier molecular flexibility index (Phi) is 11.1. The summed E-state index contributed by atoms with van der Waals surface area (Å²) in [6, 6.07) is 11.7. The van der Waals surface area contributed by atoms with E-state index in [-0.39, 0.29) is 5.60 Å². The lowest BCUT2D eigenvalue weighted by molar-refractivity contribution is 0.0831. The van der Waals surface area contributed by atoms with Crippen molar-refractivity contribution in [1.82, 2.24) is 0 Å². The maximum absolute atomic E-state index is 9.37. The molecule has 3 aromatic carbocycles. The van der Waals surface area contributed by atoms with Gasteiger partial charge in [0.25, 0.3) is 0 Å². The first kappa shape index (κ1) is 30.3. The molecule has 37 heavy (non-hydrogen) atoms. The molecule has 0 atom stereocenters. The summed E-state index contributed by atoms with van der Waals surface area (Å²) in [6.07, 6.45) is 8.12. The van der Waals surface area contributed by atoms with E-state index >= 15 is 0 Å². The molecule has 1 heterocycles. The van der Waals surface area contributed by atoms with Crippen LogP contribution in [0.25, 0.3) is 16.8 Å². The van der Waals surface area contributed by atoms with Crippen LogP contribution in [0.2, 0.25) is 0 Å². The average Bonchev–Trinajstić information content (AvgIpc) is 2.88. The van der Waals surface area contributed by atoms with Gasteiger partial charge in [-0.3, -0.25) is 0 Å². The lowest BCUT2D eigenvalue weighted by Crippen LogP contribution is -2.33. The number of hydrogen-bond donors (Lipinski definition) is 3. The normalized spacial score (nSPS) is 13.8. The molecule has 4 rings (SSSR count). The quantitative estimate of drug-likeness (QED) is 0.233.